The zero-order valence-electron chi connectivity index (χ0n) is 22.4. The van der Waals surface area contributed by atoms with E-state index in [1.165, 1.54) is 74.5 Å². The van der Waals surface area contributed by atoms with Crippen LogP contribution in [0.5, 0.6) is 5.75 Å². The highest BCUT2D eigenvalue weighted by atomic mass is 16.5. The van der Waals surface area contributed by atoms with E-state index in [0.29, 0.717) is 5.92 Å². The van der Waals surface area contributed by atoms with E-state index in [0.717, 1.165) is 50.9 Å². The molecule has 0 aliphatic heterocycles. The van der Waals surface area contributed by atoms with Gasteiger partial charge < -0.3 is 4.74 Å². The van der Waals surface area contributed by atoms with Crippen molar-refractivity contribution < 1.29 is 4.74 Å². The van der Waals surface area contributed by atoms with Gasteiger partial charge in [0.2, 0.25) is 0 Å². The molecule has 0 unspecified atom stereocenters. The Labute approximate surface area is 215 Å². The molecular formula is C33H47NO. The highest BCUT2D eigenvalue weighted by molar-refractivity contribution is 5.64. The van der Waals surface area contributed by atoms with Crippen molar-refractivity contribution >= 4 is 0 Å². The Hall–Kier alpha value is -2.27. The summed E-state index contributed by atoms with van der Waals surface area (Å²) in [5.74, 6) is 1.57. The van der Waals surface area contributed by atoms with Crippen molar-refractivity contribution in [3.8, 4) is 22.9 Å². The van der Waals surface area contributed by atoms with Gasteiger partial charge in [-0.05, 0) is 73.3 Å². The molecule has 2 nitrogen and oxygen atoms in total. The molecule has 35 heavy (non-hydrogen) atoms. The van der Waals surface area contributed by atoms with Crippen molar-refractivity contribution in [2.45, 2.75) is 116 Å². The minimum Gasteiger partial charge on any atom is -0.494 e. The Kier molecular flexibility index (Phi) is 11.7. The Morgan fingerprint density at radius 1 is 0.743 bits per heavy atom. The second kappa shape index (κ2) is 15.0. The quantitative estimate of drug-likeness (QED) is 0.241. The maximum absolute atomic E-state index is 9.88. The Balaban J connectivity index is 1.45. The first-order valence-electron chi connectivity index (χ1n) is 14.4. The Bertz CT molecular complexity index is 869. The molecule has 190 valence electrons. The fourth-order valence-electron chi connectivity index (χ4n) is 5.58. The third-order valence-corrected chi connectivity index (χ3v) is 8.03. The fraction of sp³-hybridized carbons (Fsp3) is 0.606. The van der Waals surface area contributed by atoms with Crippen LogP contribution < -0.4 is 4.74 Å². The lowest BCUT2D eigenvalue weighted by molar-refractivity contribution is 0.223. The average Bonchev–Trinajstić information content (AvgIpc) is 2.91. The molecule has 1 aliphatic rings. The van der Waals surface area contributed by atoms with Crippen molar-refractivity contribution in [1.29, 1.82) is 5.26 Å². The summed E-state index contributed by atoms with van der Waals surface area (Å²) in [7, 11) is 0. The molecule has 1 saturated carbocycles. The van der Waals surface area contributed by atoms with E-state index < -0.39 is 0 Å². The maximum atomic E-state index is 9.88. The average molecular weight is 474 g/mol. The van der Waals surface area contributed by atoms with E-state index in [2.05, 4.69) is 68.4 Å². The molecule has 0 spiro atoms. The van der Waals surface area contributed by atoms with Crippen LogP contribution in [0.25, 0.3) is 11.1 Å². The van der Waals surface area contributed by atoms with Crippen molar-refractivity contribution in [2.24, 2.45) is 5.41 Å². The maximum Gasteiger partial charge on any atom is 0.119 e. The number of nitrogens with zero attached hydrogens (tertiary/aromatic N) is 1. The number of hydrogen-bond acceptors (Lipinski definition) is 2. The number of unbranched alkanes of at least 4 members (excludes halogenated alkanes) is 8. The first-order valence-corrected chi connectivity index (χ1v) is 14.4. The lowest BCUT2D eigenvalue weighted by Crippen LogP contribution is -2.25. The molecule has 1 fully saturated rings. The fourth-order valence-corrected chi connectivity index (χ4v) is 5.58. The minimum absolute atomic E-state index is 0.0664. The van der Waals surface area contributed by atoms with Gasteiger partial charge in [0.25, 0.3) is 0 Å². The normalized spacial score (nSPS) is 19.9. The predicted octanol–water partition coefficient (Wildman–Crippen LogP) is 10.2. The van der Waals surface area contributed by atoms with E-state index in [9.17, 15) is 5.26 Å². The van der Waals surface area contributed by atoms with Gasteiger partial charge in [-0.25, -0.2) is 0 Å². The summed E-state index contributed by atoms with van der Waals surface area (Å²) in [6.07, 6.45) is 18.3. The lowest BCUT2D eigenvalue weighted by Gasteiger charge is -2.35. The van der Waals surface area contributed by atoms with Crippen molar-refractivity contribution in [2.75, 3.05) is 6.61 Å². The predicted molar refractivity (Wildman–Crippen MR) is 149 cm³/mol. The number of benzene rings is 2. The molecule has 0 bridgehead atoms. The summed E-state index contributed by atoms with van der Waals surface area (Å²) in [6, 6.07) is 20.4. The van der Waals surface area contributed by atoms with E-state index in [1.54, 1.807) is 0 Å². The van der Waals surface area contributed by atoms with Crippen LogP contribution in [-0.2, 0) is 0 Å². The molecule has 3 rings (SSSR count). The van der Waals surface area contributed by atoms with Crippen LogP contribution in [0.1, 0.15) is 122 Å². The van der Waals surface area contributed by atoms with Crippen LogP contribution in [-0.4, -0.2) is 6.61 Å². The van der Waals surface area contributed by atoms with Gasteiger partial charge in [-0.3, -0.25) is 0 Å². The van der Waals surface area contributed by atoms with Gasteiger partial charge in [0.1, 0.15) is 5.75 Å². The second-order valence-corrected chi connectivity index (χ2v) is 10.7. The largest absolute Gasteiger partial charge is 0.494 e. The van der Waals surface area contributed by atoms with Crippen LogP contribution in [0.4, 0.5) is 0 Å². The minimum atomic E-state index is -0.0664. The van der Waals surface area contributed by atoms with Gasteiger partial charge in [0.15, 0.2) is 0 Å². The van der Waals surface area contributed by atoms with E-state index in [-0.39, 0.29) is 5.41 Å². The van der Waals surface area contributed by atoms with Crippen LogP contribution in [0.3, 0.4) is 0 Å². The molecule has 0 saturated heterocycles. The number of hydrogen-bond donors (Lipinski definition) is 0. The van der Waals surface area contributed by atoms with Crippen molar-refractivity contribution in [3.05, 3.63) is 54.1 Å². The summed E-state index contributed by atoms with van der Waals surface area (Å²) in [6.45, 7) is 5.32. The molecule has 1 aliphatic carbocycles. The summed E-state index contributed by atoms with van der Waals surface area (Å²) in [4.78, 5) is 0. The highest BCUT2D eigenvalue weighted by Gasteiger charge is 2.35. The van der Waals surface area contributed by atoms with Crippen LogP contribution in [0.2, 0.25) is 0 Å². The summed E-state index contributed by atoms with van der Waals surface area (Å²) in [5.41, 5.74) is 3.87. The molecule has 0 amide bonds. The van der Waals surface area contributed by atoms with Crippen molar-refractivity contribution in [3.63, 3.8) is 0 Å². The van der Waals surface area contributed by atoms with Gasteiger partial charge in [-0.2, -0.15) is 5.26 Å². The molecule has 0 aromatic heterocycles. The van der Waals surface area contributed by atoms with Gasteiger partial charge in [-0.1, -0.05) is 108 Å². The van der Waals surface area contributed by atoms with Gasteiger partial charge in [-0.15, -0.1) is 0 Å². The SMILES string of the molecule is CCCCCCCCOc1ccc(-c2ccc(C3CCC(C#N)(CCCCCC)CC3)cc2)cc1. The van der Waals surface area contributed by atoms with Crippen molar-refractivity contribution in [1.82, 2.24) is 0 Å². The first-order chi connectivity index (χ1) is 17.2. The Morgan fingerprint density at radius 2 is 1.29 bits per heavy atom. The van der Waals surface area contributed by atoms with E-state index in [1.807, 2.05) is 0 Å². The summed E-state index contributed by atoms with van der Waals surface area (Å²) < 4.78 is 5.94. The molecule has 2 aromatic carbocycles. The standard InChI is InChI=1S/C33H47NO/c1-3-5-7-9-10-12-26-35-32-19-17-30(18-20-32)28-13-15-29(16-14-28)31-21-24-33(27-34,25-22-31)23-11-8-6-4-2/h13-20,31H,3-12,21-26H2,1-2H3. The monoisotopic (exact) mass is 473 g/mol. The first kappa shape index (κ1) is 27.3. The number of nitriles is 1. The van der Waals surface area contributed by atoms with Crippen LogP contribution >= 0.6 is 0 Å². The molecule has 0 N–H and O–H groups in total. The summed E-state index contributed by atoms with van der Waals surface area (Å²) in [5, 5.41) is 9.88. The van der Waals surface area contributed by atoms with Gasteiger partial charge >= 0.3 is 0 Å². The van der Waals surface area contributed by atoms with E-state index >= 15 is 0 Å². The third kappa shape index (κ3) is 8.71. The smallest absolute Gasteiger partial charge is 0.119 e. The number of rotatable bonds is 15. The van der Waals surface area contributed by atoms with Crippen LogP contribution in [0.15, 0.2) is 48.5 Å². The van der Waals surface area contributed by atoms with Crippen LogP contribution in [0, 0.1) is 16.7 Å². The molecule has 0 heterocycles. The molecule has 2 aromatic rings. The number of ether oxygens (including phenoxy) is 1. The Morgan fingerprint density at radius 3 is 1.89 bits per heavy atom. The molecular weight excluding hydrogens is 426 g/mol. The molecule has 2 heteroatoms. The zero-order chi connectivity index (χ0) is 24.8. The lowest BCUT2D eigenvalue weighted by atomic mass is 9.67. The van der Waals surface area contributed by atoms with Gasteiger partial charge in [0.05, 0.1) is 18.1 Å². The van der Waals surface area contributed by atoms with Gasteiger partial charge in [0, 0.05) is 0 Å². The molecule has 0 atom stereocenters. The molecule has 0 radical (unpaired) electrons. The second-order valence-electron chi connectivity index (χ2n) is 10.7. The van der Waals surface area contributed by atoms with E-state index in [4.69, 9.17) is 4.74 Å². The topological polar surface area (TPSA) is 33.0 Å². The zero-order valence-corrected chi connectivity index (χ0v) is 22.4. The highest BCUT2D eigenvalue weighted by Crippen LogP contribution is 2.45. The summed E-state index contributed by atoms with van der Waals surface area (Å²) >= 11 is 0. The third-order valence-electron chi connectivity index (χ3n) is 8.03.